The van der Waals surface area contributed by atoms with Crippen molar-refractivity contribution < 1.29 is 9.72 Å². The van der Waals surface area contributed by atoms with Crippen LogP contribution >= 0.6 is 12.4 Å². The quantitative estimate of drug-likeness (QED) is 0.614. The highest BCUT2D eigenvalue weighted by Gasteiger charge is 2.19. The third-order valence-corrected chi connectivity index (χ3v) is 4.41. The fraction of sp³-hybridized carbons (Fsp3) is 0.412. The van der Waals surface area contributed by atoms with Gasteiger partial charge >= 0.3 is 0 Å². The number of piperidine rings is 1. The van der Waals surface area contributed by atoms with Crippen LogP contribution in [0.3, 0.4) is 0 Å². The van der Waals surface area contributed by atoms with Crippen LogP contribution in [0.4, 0.5) is 5.69 Å². The van der Waals surface area contributed by atoms with Gasteiger partial charge in [-0.15, -0.1) is 12.4 Å². The number of aromatic nitrogens is 2. The lowest BCUT2D eigenvalue weighted by molar-refractivity contribution is -0.384. The Morgan fingerprint density at radius 1 is 1.46 bits per heavy atom. The second-order valence-electron chi connectivity index (χ2n) is 6.23. The minimum atomic E-state index is -0.447. The van der Waals surface area contributed by atoms with Crippen LogP contribution in [0.2, 0.25) is 0 Å². The lowest BCUT2D eigenvalue weighted by atomic mass is 10.1. The second kappa shape index (κ2) is 8.77. The SMILES string of the molecule is CC(NC(=O)c1ccn(C2CCCNC2)n1)c1cccc([N+](=O)[O-])c1.Cl. The van der Waals surface area contributed by atoms with Crippen molar-refractivity contribution >= 4 is 24.0 Å². The molecule has 1 aromatic heterocycles. The molecule has 0 aliphatic carbocycles. The van der Waals surface area contributed by atoms with Gasteiger partial charge in [-0.05, 0) is 37.9 Å². The summed E-state index contributed by atoms with van der Waals surface area (Å²) in [7, 11) is 0. The number of benzene rings is 1. The molecule has 9 heteroatoms. The van der Waals surface area contributed by atoms with Crippen molar-refractivity contribution in [2.24, 2.45) is 0 Å². The molecule has 0 bridgehead atoms. The summed E-state index contributed by atoms with van der Waals surface area (Å²) in [5.41, 5.74) is 1.04. The second-order valence-corrected chi connectivity index (χ2v) is 6.23. The number of amides is 1. The molecule has 1 fully saturated rings. The standard InChI is InChI=1S/C17H21N5O3.ClH/c1-12(13-4-2-5-14(10-13)22(24)25)19-17(23)16-7-9-21(20-16)15-6-3-8-18-11-15;/h2,4-5,7,9-10,12,15,18H,3,6,8,11H2,1H3,(H,19,23);1H. The highest BCUT2D eigenvalue weighted by atomic mass is 35.5. The van der Waals surface area contributed by atoms with E-state index in [0.29, 0.717) is 11.3 Å². The molecule has 0 radical (unpaired) electrons. The maximum atomic E-state index is 12.4. The van der Waals surface area contributed by atoms with Gasteiger partial charge in [0.15, 0.2) is 0 Å². The van der Waals surface area contributed by atoms with Crippen LogP contribution < -0.4 is 10.6 Å². The van der Waals surface area contributed by atoms with Crippen LogP contribution in [0.25, 0.3) is 0 Å². The van der Waals surface area contributed by atoms with Crippen molar-refractivity contribution in [3.63, 3.8) is 0 Å². The van der Waals surface area contributed by atoms with Gasteiger partial charge in [-0.3, -0.25) is 19.6 Å². The van der Waals surface area contributed by atoms with Crippen molar-refractivity contribution in [3.8, 4) is 0 Å². The van der Waals surface area contributed by atoms with Crippen molar-refractivity contribution in [3.05, 3.63) is 57.9 Å². The fourth-order valence-electron chi connectivity index (χ4n) is 2.98. The number of hydrogen-bond donors (Lipinski definition) is 2. The molecule has 8 nitrogen and oxygen atoms in total. The van der Waals surface area contributed by atoms with Crippen LogP contribution in [0.15, 0.2) is 36.5 Å². The summed E-state index contributed by atoms with van der Waals surface area (Å²) in [5, 5.41) is 21.4. The van der Waals surface area contributed by atoms with Gasteiger partial charge in [0.2, 0.25) is 0 Å². The Morgan fingerprint density at radius 2 is 2.27 bits per heavy atom. The van der Waals surface area contributed by atoms with Crippen molar-refractivity contribution in [2.75, 3.05) is 13.1 Å². The van der Waals surface area contributed by atoms with Crippen LogP contribution in [0, 0.1) is 10.1 Å². The molecule has 2 heterocycles. The van der Waals surface area contributed by atoms with Crippen LogP contribution in [0.5, 0.6) is 0 Å². The highest BCUT2D eigenvalue weighted by Crippen LogP contribution is 2.20. The third kappa shape index (κ3) is 4.59. The summed E-state index contributed by atoms with van der Waals surface area (Å²) >= 11 is 0. The Bertz CT molecular complexity index is 773. The Hall–Kier alpha value is -2.45. The van der Waals surface area contributed by atoms with E-state index in [1.54, 1.807) is 25.1 Å². The lowest BCUT2D eigenvalue weighted by Gasteiger charge is -2.22. The Labute approximate surface area is 157 Å². The first-order valence-electron chi connectivity index (χ1n) is 8.35. The predicted octanol–water partition coefficient (Wildman–Crippen LogP) is 2.63. The van der Waals surface area contributed by atoms with Crippen LogP contribution in [-0.4, -0.2) is 33.7 Å². The number of carbonyl (C=O) groups excluding carboxylic acids is 1. The summed E-state index contributed by atoms with van der Waals surface area (Å²) in [6.07, 6.45) is 3.96. The number of nitro groups is 1. The highest BCUT2D eigenvalue weighted by molar-refractivity contribution is 5.92. The normalized spacial score (nSPS) is 17.8. The van der Waals surface area contributed by atoms with Gasteiger partial charge in [-0.25, -0.2) is 0 Å². The zero-order chi connectivity index (χ0) is 17.8. The summed E-state index contributed by atoms with van der Waals surface area (Å²) in [5.74, 6) is -0.290. The Balaban J connectivity index is 0.00000243. The molecule has 2 unspecified atom stereocenters. The average Bonchev–Trinajstić information content (AvgIpc) is 3.13. The van der Waals surface area contributed by atoms with E-state index in [2.05, 4.69) is 15.7 Å². The molecule has 2 atom stereocenters. The van der Waals surface area contributed by atoms with Gasteiger partial charge in [0.1, 0.15) is 5.69 Å². The Morgan fingerprint density at radius 3 is 2.96 bits per heavy atom. The number of halogens is 1. The first kappa shape index (κ1) is 19.9. The zero-order valence-corrected chi connectivity index (χ0v) is 15.2. The van der Waals surface area contributed by atoms with Crippen LogP contribution in [0.1, 0.15) is 47.9 Å². The molecule has 1 saturated heterocycles. The van der Waals surface area contributed by atoms with E-state index in [-0.39, 0.29) is 36.1 Å². The van der Waals surface area contributed by atoms with Gasteiger partial charge in [0.25, 0.3) is 11.6 Å². The van der Waals surface area contributed by atoms with E-state index in [9.17, 15) is 14.9 Å². The number of rotatable bonds is 5. The maximum absolute atomic E-state index is 12.4. The molecule has 3 rings (SSSR count). The molecule has 0 saturated carbocycles. The van der Waals surface area contributed by atoms with E-state index in [1.807, 2.05) is 10.9 Å². The molecular weight excluding hydrogens is 358 g/mol. The first-order valence-corrected chi connectivity index (χ1v) is 8.35. The summed E-state index contributed by atoms with van der Waals surface area (Å²) in [4.78, 5) is 22.8. The summed E-state index contributed by atoms with van der Waals surface area (Å²) < 4.78 is 1.83. The Kier molecular flexibility index (Phi) is 6.70. The maximum Gasteiger partial charge on any atom is 0.272 e. The first-order chi connectivity index (χ1) is 12.0. The summed E-state index contributed by atoms with van der Waals surface area (Å²) in [6, 6.07) is 7.88. The van der Waals surface area contributed by atoms with Gasteiger partial charge < -0.3 is 10.6 Å². The molecule has 2 N–H and O–H groups in total. The summed E-state index contributed by atoms with van der Waals surface area (Å²) in [6.45, 7) is 3.66. The molecule has 0 spiro atoms. The zero-order valence-electron chi connectivity index (χ0n) is 14.4. The molecular formula is C17H22ClN5O3. The van der Waals surface area contributed by atoms with Gasteiger partial charge in [-0.2, -0.15) is 5.10 Å². The van der Waals surface area contributed by atoms with Gasteiger partial charge in [-0.1, -0.05) is 12.1 Å². The fourth-order valence-corrected chi connectivity index (χ4v) is 2.98. The minimum Gasteiger partial charge on any atom is -0.344 e. The molecule has 1 aliphatic heterocycles. The van der Waals surface area contributed by atoms with Crippen molar-refractivity contribution in [1.82, 2.24) is 20.4 Å². The topological polar surface area (TPSA) is 102 Å². The third-order valence-electron chi connectivity index (χ3n) is 4.41. The molecule has 1 amide bonds. The van der Waals surface area contributed by atoms with E-state index in [0.717, 1.165) is 25.9 Å². The molecule has 2 aromatic rings. The molecule has 1 aliphatic rings. The molecule has 26 heavy (non-hydrogen) atoms. The van der Waals surface area contributed by atoms with E-state index in [4.69, 9.17) is 0 Å². The average molecular weight is 380 g/mol. The molecule has 1 aromatic carbocycles. The predicted molar refractivity (Wildman–Crippen MR) is 99.6 cm³/mol. The number of carbonyl (C=O) groups is 1. The van der Waals surface area contributed by atoms with Crippen LogP contribution in [-0.2, 0) is 0 Å². The van der Waals surface area contributed by atoms with E-state index in [1.165, 1.54) is 12.1 Å². The number of hydrogen-bond acceptors (Lipinski definition) is 5. The number of nitro benzene ring substituents is 1. The number of nitrogens with zero attached hydrogens (tertiary/aromatic N) is 3. The number of non-ortho nitro benzene ring substituents is 1. The largest absolute Gasteiger partial charge is 0.344 e. The lowest BCUT2D eigenvalue weighted by Crippen LogP contribution is -2.32. The number of nitrogens with one attached hydrogen (secondary N) is 2. The van der Waals surface area contributed by atoms with Crippen molar-refractivity contribution in [2.45, 2.75) is 31.8 Å². The monoisotopic (exact) mass is 379 g/mol. The van der Waals surface area contributed by atoms with Crippen molar-refractivity contribution in [1.29, 1.82) is 0 Å². The molecule has 140 valence electrons. The van der Waals surface area contributed by atoms with Gasteiger partial charge in [0.05, 0.1) is 17.0 Å². The van der Waals surface area contributed by atoms with E-state index < -0.39 is 4.92 Å². The minimum absolute atomic E-state index is 0. The van der Waals surface area contributed by atoms with E-state index >= 15 is 0 Å². The smallest absolute Gasteiger partial charge is 0.272 e. The van der Waals surface area contributed by atoms with Gasteiger partial charge in [0, 0.05) is 24.9 Å².